The van der Waals surface area contributed by atoms with Crippen LogP contribution in [0.15, 0.2) is 22.7 Å². The van der Waals surface area contributed by atoms with Crippen LogP contribution in [0.2, 0.25) is 5.02 Å². The summed E-state index contributed by atoms with van der Waals surface area (Å²) in [5, 5.41) is 4.72. The zero-order chi connectivity index (χ0) is 14.8. The smallest absolute Gasteiger partial charge is 0.240 e. The molecule has 0 bridgehead atoms. The Morgan fingerprint density at radius 2 is 2.05 bits per heavy atom. The fourth-order valence-corrected chi connectivity index (χ4v) is 3.36. The minimum atomic E-state index is 0.249. The number of hydrogen-bond acceptors (Lipinski definition) is 4. The van der Waals surface area contributed by atoms with Crippen molar-refractivity contribution in [3.05, 3.63) is 34.7 Å². The molecule has 1 aromatic carbocycles. The summed E-state index contributed by atoms with van der Waals surface area (Å²) in [6.07, 6.45) is 5.01. The van der Waals surface area contributed by atoms with Crippen LogP contribution >= 0.6 is 11.6 Å². The molecule has 0 saturated heterocycles. The molecule has 0 spiro atoms. The lowest BCUT2D eigenvalue weighted by molar-refractivity contribution is 0.348. The van der Waals surface area contributed by atoms with Crippen LogP contribution in [0.25, 0.3) is 11.4 Å². The quantitative estimate of drug-likeness (QED) is 0.925. The second kappa shape index (κ2) is 6.16. The van der Waals surface area contributed by atoms with Crippen molar-refractivity contribution in [1.82, 2.24) is 10.1 Å². The van der Waals surface area contributed by atoms with Crippen molar-refractivity contribution in [3.63, 3.8) is 0 Å². The summed E-state index contributed by atoms with van der Waals surface area (Å²) < 4.78 is 5.04. The van der Waals surface area contributed by atoms with E-state index in [0.717, 1.165) is 16.5 Å². The van der Waals surface area contributed by atoms with Gasteiger partial charge in [0.25, 0.3) is 0 Å². The van der Waals surface area contributed by atoms with E-state index in [2.05, 4.69) is 23.1 Å². The summed E-state index contributed by atoms with van der Waals surface area (Å²) >= 11 is 6.48. The molecule has 0 aliphatic heterocycles. The first-order valence-electron chi connectivity index (χ1n) is 7.50. The predicted molar refractivity (Wildman–Crippen MR) is 83.0 cm³/mol. The molecule has 5 heteroatoms. The molecule has 0 atom stereocenters. The van der Waals surface area contributed by atoms with E-state index < -0.39 is 0 Å². The van der Waals surface area contributed by atoms with E-state index >= 15 is 0 Å². The van der Waals surface area contributed by atoms with Crippen LogP contribution in [0.4, 0.5) is 0 Å². The highest BCUT2D eigenvalue weighted by molar-refractivity contribution is 6.31. The monoisotopic (exact) mass is 305 g/mol. The normalized spacial score (nSPS) is 22.4. The third-order valence-electron chi connectivity index (χ3n) is 4.36. The summed E-state index contributed by atoms with van der Waals surface area (Å²) in [7, 11) is 0. The number of halogens is 1. The van der Waals surface area contributed by atoms with Gasteiger partial charge in [-0.15, -0.1) is 0 Å². The predicted octanol–water partition coefficient (Wildman–Crippen LogP) is 4.14. The Morgan fingerprint density at radius 1 is 1.29 bits per heavy atom. The molecule has 1 fully saturated rings. The maximum Gasteiger partial charge on any atom is 0.240 e. The van der Waals surface area contributed by atoms with E-state index in [9.17, 15) is 0 Å². The van der Waals surface area contributed by atoms with Gasteiger partial charge in [0.05, 0.1) is 6.54 Å². The second-order valence-electron chi connectivity index (χ2n) is 5.91. The summed E-state index contributed by atoms with van der Waals surface area (Å²) in [5.41, 5.74) is 7.60. The van der Waals surface area contributed by atoms with Gasteiger partial charge in [0.2, 0.25) is 11.7 Å². The molecule has 21 heavy (non-hydrogen) atoms. The molecule has 1 aliphatic carbocycles. The number of aromatic nitrogens is 2. The maximum atomic E-state index is 6.48. The van der Waals surface area contributed by atoms with Gasteiger partial charge in [-0.2, -0.15) is 4.98 Å². The molecule has 3 rings (SSSR count). The standard InChI is InChI=1S/C16H20ClN3O/c1-10-2-4-11(5-3-10)13-7-6-12(8-14(13)17)16-19-15(9-18)21-20-16/h6-8,10-11H,2-5,9,18H2,1H3. The van der Waals surface area contributed by atoms with Gasteiger partial charge in [0.15, 0.2) is 0 Å². The Morgan fingerprint density at radius 3 is 2.67 bits per heavy atom. The molecule has 4 nitrogen and oxygen atoms in total. The average molecular weight is 306 g/mol. The van der Waals surface area contributed by atoms with E-state index in [4.69, 9.17) is 21.9 Å². The molecule has 0 radical (unpaired) electrons. The van der Waals surface area contributed by atoms with Crippen molar-refractivity contribution in [2.24, 2.45) is 11.7 Å². The van der Waals surface area contributed by atoms with Crippen molar-refractivity contribution in [2.75, 3.05) is 0 Å². The molecule has 112 valence electrons. The second-order valence-corrected chi connectivity index (χ2v) is 6.32. The number of hydrogen-bond donors (Lipinski definition) is 1. The first-order valence-corrected chi connectivity index (χ1v) is 7.87. The van der Waals surface area contributed by atoms with E-state index in [-0.39, 0.29) is 6.54 Å². The van der Waals surface area contributed by atoms with E-state index in [1.165, 1.54) is 31.2 Å². The molecule has 1 heterocycles. The lowest BCUT2D eigenvalue weighted by Gasteiger charge is -2.27. The minimum Gasteiger partial charge on any atom is -0.338 e. The third-order valence-corrected chi connectivity index (χ3v) is 4.68. The van der Waals surface area contributed by atoms with Gasteiger partial charge in [0, 0.05) is 10.6 Å². The van der Waals surface area contributed by atoms with Gasteiger partial charge >= 0.3 is 0 Å². The minimum absolute atomic E-state index is 0.249. The lowest BCUT2D eigenvalue weighted by Crippen LogP contribution is -2.11. The first kappa shape index (κ1) is 14.5. The van der Waals surface area contributed by atoms with Gasteiger partial charge in [-0.25, -0.2) is 0 Å². The highest BCUT2D eigenvalue weighted by Gasteiger charge is 2.22. The molecule has 1 aliphatic rings. The molecule has 0 amide bonds. The van der Waals surface area contributed by atoms with Gasteiger partial charge < -0.3 is 10.3 Å². The molecule has 0 unspecified atom stereocenters. The number of benzene rings is 1. The molecular weight excluding hydrogens is 286 g/mol. The van der Waals surface area contributed by atoms with Crippen LogP contribution in [0.3, 0.4) is 0 Å². The number of rotatable bonds is 3. The highest BCUT2D eigenvalue weighted by Crippen LogP contribution is 2.39. The van der Waals surface area contributed by atoms with Crippen LogP contribution < -0.4 is 5.73 Å². The van der Waals surface area contributed by atoms with Crippen molar-refractivity contribution in [2.45, 2.75) is 45.1 Å². The zero-order valence-corrected chi connectivity index (χ0v) is 12.9. The summed E-state index contributed by atoms with van der Waals surface area (Å²) in [4.78, 5) is 4.23. The maximum absolute atomic E-state index is 6.48. The Kier molecular flexibility index (Phi) is 4.27. The SMILES string of the molecule is CC1CCC(c2ccc(-c3noc(CN)n3)cc2Cl)CC1. The average Bonchev–Trinajstić information content (AvgIpc) is 2.97. The van der Waals surface area contributed by atoms with Gasteiger partial charge in [-0.1, -0.05) is 48.7 Å². The first-order chi connectivity index (χ1) is 10.2. The van der Waals surface area contributed by atoms with Crippen LogP contribution in [-0.4, -0.2) is 10.1 Å². The number of nitrogens with two attached hydrogens (primary N) is 1. The zero-order valence-electron chi connectivity index (χ0n) is 12.2. The van der Waals surface area contributed by atoms with E-state index in [0.29, 0.717) is 17.6 Å². The van der Waals surface area contributed by atoms with Crippen LogP contribution in [0, 0.1) is 5.92 Å². The van der Waals surface area contributed by atoms with Crippen LogP contribution in [0.1, 0.15) is 50.0 Å². The van der Waals surface area contributed by atoms with Crippen LogP contribution in [0.5, 0.6) is 0 Å². The van der Waals surface area contributed by atoms with Crippen LogP contribution in [-0.2, 0) is 6.54 Å². The number of nitrogens with zero attached hydrogens (tertiary/aromatic N) is 2. The summed E-state index contributed by atoms with van der Waals surface area (Å²) in [6, 6.07) is 6.06. The van der Waals surface area contributed by atoms with Crippen molar-refractivity contribution < 1.29 is 4.52 Å². The molecule has 2 N–H and O–H groups in total. The molecule has 1 aromatic heterocycles. The third kappa shape index (κ3) is 3.11. The lowest BCUT2D eigenvalue weighted by atomic mass is 9.79. The van der Waals surface area contributed by atoms with Gasteiger partial charge in [-0.05, 0) is 36.3 Å². The Bertz CT molecular complexity index is 618. The van der Waals surface area contributed by atoms with E-state index in [1.54, 1.807) is 0 Å². The van der Waals surface area contributed by atoms with Crippen molar-refractivity contribution in [3.8, 4) is 11.4 Å². The van der Waals surface area contributed by atoms with E-state index in [1.807, 2.05) is 12.1 Å². The fourth-order valence-electron chi connectivity index (χ4n) is 3.02. The Balaban J connectivity index is 1.82. The Hall–Kier alpha value is -1.39. The highest BCUT2D eigenvalue weighted by atomic mass is 35.5. The molecule has 2 aromatic rings. The largest absolute Gasteiger partial charge is 0.338 e. The molecular formula is C16H20ClN3O. The summed E-state index contributed by atoms with van der Waals surface area (Å²) in [6.45, 7) is 2.57. The van der Waals surface area contributed by atoms with Gasteiger partial charge in [-0.3, -0.25) is 0 Å². The topological polar surface area (TPSA) is 64.9 Å². The van der Waals surface area contributed by atoms with Gasteiger partial charge in [0.1, 0.15) is 0 Å². The fraction of sp³-hybridized carbons (Fsp3) is 0.500. The summed E-state index contributed by atoms with van der Waals surface area (Å²) in [5.74, 6) is 2.40. The van der Waals surface area contributed by atoms with Crippen molar-refractivity contribution in [1.29, 1.82) is 0 Å². The molecule has 1 saturated carbocycles. The van der Waals surface area contributed by atoms with Crippen molar-refractivity contribution >= 4 is 11.6 Å². The Labute approximate surface area is 129 Å².